The van der Waals surface area contributed by atoms with Gasteiger partial charge in [-0.2, -0.15) is 0 Å². The molecule has 5 heteroatoms. The molecule has 0 bridgehead atoms. The van der Waals surface area contributed by atoms with Crippen molar-refractivity contribution in [3.05, 3.63) is 47.2 Å². The monoisotopic (exact) mass is 316 g/mol. The third kappa shape index (κ3) is 2.10. The molecule has 1 aliphatic carbocycles. The number of benzene rings is 1. The average molecular weight is 316 g/mol. The number of carbonyl (C=O) groups excluding carboxylic acids is 2. The van der Waals surface area contributed by atoms with Crippen LogP contribution in [-0.4, -0.2) is 34.7 Å². The molecule has 1 N–H and O–H groups in total. The second-order valence-electron chi connectivity index (χ2n) is 5.99. The van der Waals surface area contributed by atoms with Gasteiger partial charge in [0.2, 0.25) is 5.60 Å². The van der Waals surface area contributed by atoms with Crippen molar-refractivity contribution < 1.29 is 24.2 Å². The van der Waals surface area contributed by atoms with Crippen molar-refractivity contribution in [1.29, 1.82) is 0 Å². The zero-order valence-electron chi connectivity index (χ0n) is 13.3. The van der Waals surface area contributed by atoms with Crippen molar-refractivity contribution in [2.45, 2.75) is 44.3 Å². The predicted molar refractivity (Wildman–Crippen MR) is 82.7 cm³/mol. The second kappa shape index (κ2) is 5.49. The Balaban J connectivity index is 2.04. The highest BCUT2D eigenvalue weighted by molar-refractivity contribution is 6.12. The lowest BCUT2D eigenvalue weighted by Gasteiger charge is -2.34. The molecule has 122 valence electrons. The number of aliphatic hydroxyl groups is 1. The van der Waals surface area contributed by atoms with Crippen molar-refractivity contribution >= 4 is 11.8 Å². The zero-order chi connectivity index (χ0) is 16.7. The molecule has 3 rings (SSSR count). The molecule has 1 saturated carbocycles. The molecule has 1 aromatic carbocycles. The van der Waals surface area contributed by atoms with E-state index in [1.807, 2.05) is 6.07 Å². The molecule has 2 aliphatic rings. The van der Waals surface area contributed by atoms with Crippen LogP contribution < -0.4 is 0 Å². The molecule has 0 spiro atoms. The number of hydrogen-bond donors (Lipinski definition) is 1. The van der Waals surface area contributed by atoms with Gasteiger partial charge in [-0.25, -0.2) is 4.79 Å². The molecule has 1 heterocycles. The van der Waals surface area contributed by atoms with Crippen LogP contribution in [0.5, 0.6) is 0 Å². The summed E-state index contributed by atoms with van der Waals surface area (Å²) in [5, 5.41) is 11.2. The van der Waals surface area contributed by atoms with E-state index >= 15 is 0 Å². The van der Waals surface area contributed by atoms with Gasteiger partial charge in [0.15, 0.2) is 5.78 Å². The Morgan fingerprint density at radius 2 is 1.96 bits per heavy atom. The number of fused-ring (bicyclic) bond motifs is 1. The Bertz CT molecular complexity index is 678. The quantitative estimate of drug-likeness (QED) is 0.682. The number of carbonyl (C=O) groups is 2. The molecule has 5 nitrogen and oxygen atoms in total. The van der Waals surface area contributed by atoms with Crippen LogP contribution in [0.25, 0.3) is 0 Å². The first-order valence-electron chi connectivity index (χ1n) is 7.86. The fourth-order valence-electron chi connectivity index (χ4n) is 3.71. The smallest absolute Gasteiger partial charge is 0.353 e. The number of ether oxygens (including phenoxy) is 2. The van der Waals surface area contributed by atoms with E-state index in [1.165, 1.54) is 0 Å². The van der Waals surface area contributed by atoms with E-state index < -0.39 is 17.2 Å². The Labute approximate surface area is 134 Å². The van der Waals surface area contributed by atoms with E-state index in [9.17, 15) is 14.7 Å². The van der Waals surface area contributed by atoms with Gasteiger partial charge >= 0.3 is 5.97 Å². The predicted octanol–water partition coefficient (Wildman–Crippen LogP) is 2.39. The highest BCUT2D eigenvalue weighted by Crippen LogP contribution is 2.54. The molecule has 0 saturated heterocycles. The first-order valence-corrected chi connectivity index (χ1v) is 7.86. The highest BCUT2D eigenvalue weighted by atomic mass is 16.6. The summed E-state index contributed by atoms with van der Waals surface area (Å²) in [5.74, 6) is -0.608. The van der Waals surface area contributed by atoms with Crippen LogP contribution in [0.15, 0.2) is 41.7 Å². The number of allylic oxidation sites excluding steroid dienone is 1. The molecule has 0 radical (unpaired) electrons. The van der Waals surface area contributed by atoms with Crippen molar-refractivity contribution in [1.82, 2.24) is 0 Å². The summed E-state index contributed by atoms with van der Waals surface area (Å²) in [5.41, 5.74) is -2.48. The van der Waals surface area contributed by atoms with Crippen LogP contribution in [-0.2, 0) is 14.3 Å². The summed E-state index contributed by atoms with van der Waals surface area (Å²) < 4.78 is 10.9. The third-order valence-corrected chi connectivity index (χ3v) is 4.70. The van der Waals surface area contributed by atoms with Gasteiger partial charge in [0.25, 0.3) is 0 Å². The molecule has 0 amide bonds. The third-order valence-electron chi connectivity index (χ3n) is 4.70. The highest BCUT2D eigenvalue weighted by Gasteiger charge is 2.69. The van der Waals surface area contributed by atoms with Crippen LogP contribution in [0.4, 0.5) is 0 Å². The maximum absolute atomic E-state index is 12.9. The van der Waals surface area contributed by atoms with Crippen LogP contribution in [0.3, 0.4) is 0 Å². The number of ketones is 1. The van der Waals surface area contributed by atoms with Gasteiger partial charge in [-0.1, -0.05) is 30.3 Å². The van der Waals surface area contributed by atoms with E-state index in [-0.39, 0.29) is 18.0 Å². The van der Waals surface area contributed by atoms with E-state index in [1.54, 1.807) is 38.1 Å². The van der Waals surface area contributed by atoms with E-state index in [4.69, 9.17) is 9.47 Å². The van der Waals surface area contributed by atoms with Gasteiger partial charge in [-0.3, -0.25) is 4.79 Å². The summed E-state index contributed by atoms with van der Waals surface area (Å²) in [4.78, 5) is 25.3. The normalized spacial score (nSPS) is 29.2. The average Bonchev–Trinajstić information content (AvgIpc) is 2.96. The molecule has 23 heavy (non-hydrogen) atoms. The van der Waals surface area contributed by atoms with Gasteiger partial charge in [-0.05, 0) is 26.7 Å². The topological polar surface area (TPSA) is 72.8 Å². The fourth-order valence-corrected chi connectivity index (χ4v) is 3.71. The first-order chi connectivity index (χ1) is 11.0. The van der Waals surface area contributed by atoms with E-state index in [2.05, 4.69) is 0 Å². The van der Waals surface area contributed by atoms with Crippen molar-refractivity contribution in [2.24, 2.45) is 0 Å². The fraction of sp³-hybridized carbons (Fsp3) is 0.444. The molecule has 1 aliphatic heterocycles. The summed E-state index contributed by atoms with van der Waals surface area (Å²) in [6.45, 7) is 3.52. The van der Waals surface area contributed by atoms with Crippen molar-refractivity contribution in [3.63, 3.8) is 0 Å². The minimum atomic E-state index is -1.63. The Hall–Kier alpha value is -2.14. The van der Waals surface area contributed by atoms with Crippen molar-refractivity contribution in [2.75, 3.05) is 6.61 Å². The number of esters is 1. The molecule has 0 aromatic heterocycles. The Morgan fingerprint density at radius 3 is 2.61 bits per heavy atom. The summed E-state index contributed by atoms with van der Waals surface area (Å²) in [6.07, 6.45) is 1.23. The summed E-state index contributed by atoms with van der Waals surface area (Å²) in [6, 6.07) is 8.71. The van der Waals surface area contributed by atoms with Gasteiger partial charge in [0, 0.05) is 12.0 Å². The van der Waals surface area contributed by atoms with Crippen LogP contribution in [0, 0.1) is 0 Å². The van der Waals surface area contributed by atoms with Gasteiger partial charge in [-0.15, -0.1) is 0 Å². The molecule has 2 atom stereocenters. The molecule has 1 aromatic rings. The maximum atomic E-state index is 12.9. The largest absolute Gasteiger partial charge is 0.476 e. The van der Waals surface area contributed by atoms with Gasteiger partial charge in [0.05, 0.1) is 12.2 Å². The second-order valence-corrected chi connectivity index (χ2v) is 5.99. The molecule has 1 fully saturated rings. The van der Waals surface area contributed by atoms with Crippen LogP contribution >= 0.6 is 0 Å². The minimum absolute atomic E-state index is 0.175. The SMILES string of the molecule is CCOC(=O)C12CCCC1(O)C(C(=O)c1ccccc1)=C(C)O2. The van der Waals surface area contributed by atoms with Crippen LogP contribution in [0.1, 0.15) is 43.5 Å². The number of rotatable bonds is 4. The lowest BCUT2D eigenvalue weighted by Crippen LogP contribution is -2.56. The van der Waals surface area contributed by atoms with E-state index in [0.717, 1.165) is 0 Å². The Morgan fingerprint density at radius 1 is 1.26 bits per heavy atom. The van der Waals surface area contributed by atoms with Crippen molar-refractivity contribution in [3.8, 4) is 0 Å². The lowest BCUT2D eigenvalue weighted by atomic mass is 9.78. The maximum Gasteiger partial charge on any atom is 0.353 e. The summed E-state index contributed by atoms with van der Waals surface area (Å²) in [7, 11) is 0. The zero-order valence-corrected chi connectivity index (χ0v) is 13.3. The standard InChI is InChI=1S/C18H20O5/c1-3-22-16(20)18-11-7-10-17(18,21)14(12(2)23-18)15(19)13-8-5-4-6-9-13/h4-6,8-9,21H,3,7,10-11H2,1-2H3. The molecular formula is C18H20O5. The van der Waals surface area contributed by atoms with Gasteiger partial charge < -0.3 is 14.6 Å². The first kappa shape index (κ1) is 15.7. The minimum Gasteiger partial charge on any atom is -0.476 e. The Kier molecular flexibility index (Phi) is 3.76. The molecular weight excluding hydrogens is 296 g/mol. The van der Waals surface area contributed by atoms with Gasteiger partial charge in [0.1, 0.15) is 11.4 Å². The van der Waals surface area contributed by atoms with E-state index in [0.29, 0.717) is 30.6 Å². The lowest BCUT2D eigenvalue weighted by molar-refractivity contribution is -0.180. The van der Waals surface area contributed by atoms with Crippen LogP contribution in [0.2, 0.25) is 0 Å². The summed E-state index contributed by atoms with van der Waals surface area (Å²) >= 11 is 0. The molecule has 2 unspecified atom stereocenters. The number of hydrogen-bond acceptors (Lipinski definition) is 5. The number of Topliss-reactive ketones (excluding diaryl/α,β-unsaturated/α-hetero) is 1.